The molecule has 0 aromatic rings. The van der Waals surface area contributed by atoms with Crippen LogP contribution in [0.3, 0.4) is 0 Å². The van der Waals surface area contributed by atoms with Crippen molar-refractivity contribution in [2.75, 3.05) is 32.8 Å². The number of ether oxygens (including phenoxy) is 1. The standard InChI is InChI=1S/C14H21N3O3S/c1-2-20-12-8-16(7-11(12)18)13(19)6-10-9-21-14-15-4-3-5-17(10)14/h9,11-12,18H,2-8H2,1H3/t11-,12-/m1/s1. The quantitative estimate of drug-likeness (QED) is 0.825. The molecule has 116 valence electrons. The number of nitrogens with zero attached hydrogens (tertiary/aromatic N) is 3. The van der Waals surface area contributed by atoms with Crippen molar-refractivity contribution in [3.63, 3.8) is 0 Å². The van der Waals surface area contributed by atoms with E-state index in [-0.39, 0.29) is 12.0 Å². The Hall–Kier alpha value is -1.05. The van der Waals surface area contributed by atoms with Crippen molar-refractivity contribution in [1.82, 2.24) is 9.80 Å². The van der Waals surface area contributed by atoms with Crippen molar-refractivity contribution in [2.45, 2.75) is 32.0 Å². The van der Waals surface area contributed by atoms with Gasteiger partial charge in [0.15, 0.2) is 5.17 Å². The molecule has 0 aliphatic carbocycles. The van der Waals surface area contributed by atoms with Crippen LogP contribution in [-0.2, 0) is 9.53 Å². The molecule has 3 aliphatic rings. The molecule has 0 unspecified atom stereocenters. The molecule has 3 rings (SSSR count). The van der Waals surface area contributed by atoms with Crippen molar-refractivity contribution >= 4 is 22.8 Å². The van der Waals surface area contributed by atoms with Gasteiger partial charge in [0, 0.05) is 38.5 Å². The topological polar surface area (TPSA) is 65.4 Å². The highest BCUT2D eigenvalue weighted by molar-refractivity contribution is 8.16. The number of amides is 1. The summed E-state index contributed by atoms with van der Waals surface area (Å²) in [5.74, 6) is 0.0509. The van der Waals surface area contributed by atoms with Crippen LogP contribution in [0.4, 0.5) is 0 Å². The fourth-order valence-corrected chi connectivity index (χ4v) is 3.83. The molecule has 1 N–H and O–H groups in total. The lowest BCUT2D eigenvalue weighted by molar-refractivity contribution is -0.130. The predicted octanol–water partition coefficient (Wildman–Crippen LogP) is 0.635. The van der Waals surface area contributed by atoms with Gasteiger partial charge in [-0.05, 0) is 18.8 Å². The molecule has 1 fully saturated rings. The van der Waals surface area contributed by atoms with Gasteiger partial charge in [0.05, 0.1) is 12.5 Å². The number of aliphatic hydroxyl groups is 1. The Labute approximate surface area is 128 Å². The number of amidine groups is 1. The highest BCUT2D eigenvalue weighted by Gasteiger charge is 2.35. The lowest BCUT2D eigenvalue weighted by Gasteiger charge is -2.26. The largest absolute Gasteiger partial charge is 0.388 e. The van der Waals surface area contributed by atoms with E-state index in [2.05, 4.69) is 9.89 Å². The van der Waals surface area contributed by atoms with Crippen LogP contribution in [0.25, 0.3) is 0 Å². The third-order valence-corrected chi connectivity index (χ3v) is 4.92. The van der Waals surface area contributed by atoms with E-state index >= 15 is 0 Å². The average molecular weight is 311 g/mol. The van der Waals surface area contributed by atoms with Crippen LogP contribution in [-0.4, -0.2) is 71.0 Å². The molecule has 0 spiro atoms. The summed E-state index contributed by atoms with van der Waals surface area (Å²) in [5.41, 5.74) is 1.03. The third kappa shape index (κ3) is 3.09. The van der Waals surface area contributed by atoms with Gasteiger partial charge in [0.1, 0.15) is 6.10 Å². The third-order valence-electron chi connectivity index (χ3n) is 3.97. The van der Waals surface area contributed by atoms with Crippen molar-refractivity contribution in [2.24, 2.45) is 4.99 Å². The van der Waals surface area contributed by atoms with E-state index < -0.39 is 6.10 Å². The minimum atomic E-state index is -0.576. The normalized spacial score (nSPS) is 28.5. The number of carbonyl (C=O) groups is 1. The summed E-state index contributed by atoms with van der Waals surface area (Å²) in [6, 6.07) is 0. The maximum atomic E-state index is 12.4. The number of aliphatic imine (C=N–C) groups is 1. The van der Waals surface area contributed by atoms with E-state index in [0.717, 1.165) is 30.4 Å². The van der Waals surface area contributed by atoms with Crippen LogP contribution in [0.1, 0.15) is 19.8 Å². The number of β-amino-alcohol motifs (C(OH)–C–C–N with tert-alkyl or cyclic N) is 1. The second-order valence-electron chi connectivity index (χ2n) is 5.43. The Balaban J connectivity index is 1.58. The van der Waals surface area contributed by atoms with Crippen molar-refractivity contribution in [3.8, 4) is 0 Å². The number of thioether (sulfide) groups is 1. The number of hydrogen-bond donors (Lipinski definition) is 1. The van der Waals surface area contributed by atoms with Gasteiger partial charge in [-0.2, -0.15) is 0 Å². The summed E-state index contributed by atoms with van der Waals surface area (Å²) in [7, 11) is 0. The van der Waals surface area contributed by atoms with E-state index in [1.807, 2.05) is 12.3 Å². The van der Waals surface area contributed by atoms with Crippen molar-refractivity contribution in [1.29, 1.82) is 0 Å². The maximum Gasteiger partial charge on any atom is 0.228 e. The SMILES string of the molecule is CCO[C@@H]1CN(C(=O)CC2=CSC3=NCCCN23)C[C@H]1O. The lowest BCUT2D eigenvalue weighted by Crippen LogP contribution is -2.34. The lowest BCUT2D eigenvalue weighted by atomic mass is 10.2. The molecule has 1 amide bonds. The minimum absolute atomic E-state index is 0.0509. The van der Waals surface area contributed by atoms with Crippen LogP contribution in [0, 0.1) is 0 Å². The summed E-state index contributed by atoms with van der Waals surface area (Å²) < 4.78 is 5.46. The van der Waals surface area contributed by atoms with E-state index in [1.165, 1.54) is 0 Å². The number of rotatable bonds is 4. The molecule has 0 radical (unpaired) electrons. The second kappa shape index (κ2) is 6.37. The van der Waals surface area contributed by atoms with Crippen LogP contribution in [0.2, 0.25) is 0 Å². The Morgan fingerprint density at radius 3 is 3.24 bits per heavy atom. The Bertz CT molecular complexity index is 480. The smallest absolute Gasteiger partial charge is 0.228 e. The van der Waals surface area contributed by atoms with Gasteiger partial charge in [-0.3, -0.25) is 9.79 Å². The van der Waals surface area contributed by atoms with Gasteiger partial charge in [-0.1, -0.05) is 11.8 Å². The molecule has 3 aliphatic heterocycles. The molecule has 1 saturated heterocycles. The molecule has 2 atom stereocenters. The fourth-order valence-electron chi connectivity index (χ4n) is 2.88. The molecule has 0 saturated carbocycles. The number of aliphatic hydroxyl groups excluding tert-OH is 1. The minimum Gasteiger partial charge on any atom is -0.388 e. The molecule has 0 aromatic carbocycles. The van der Waals surface area contributed by atoms with Gasteiger partial charge < -0.3 is 19.6 Å². The van der Waals surface area contributed by atoms with Gasteiger partial charge in [0.2, 0.25) is 5.91 Å². The highest BCUT2D eigenvalue weighted by atomic mass is 32.2. The van der Waals surface area contributed by atoms with Gasteiger partial charge in [-0.15, -0.1) is 0 Å². The van der Waals surface area contributed by atoms with Crippen LogP contribution in [0.15, 0.2) is 16.1 Å². The van der Waals surface area contributed by atoms with Crippen LogP contribution >= 0.6 is 11.8 Å². The monoisotopic (exact) mass is 311 g/mol. The molecule has 7 heteroatoms. The van der Waals surface area contributed by atoms with Gasteiger partial charge in [0.25, 0.3) is 0 Å². The number of likely N-dealkylation sites (tertiary alicyclic amines) is 1. The molecule has 0 aromatic heterocycles. The van der Waals surface area contributed by atoms with Crippen molar-refractivity contribution in [3.05, 3.63) is 11.1 Å². The maximum absolute atomic E-state index is 12.4. The molecular weight excluding hydrogens is 290 g/mol. The first kappa shape index (κ1) is 14.9. The predicted molar refractivity (Wildman–Crippen MR) is 81.9 cm³/mol. The highest BCUT2D eigenvalue weighted by Crippen LogP contribution is 2.31. The Morgan fingerprint density at radius 2 is 2.43 bits per heavy atom. The first-order valence-corrected chi connectivity index (χ1v) is 8.32. The average Bonchev–Trinajstić information content (AvgIpc) is 3.05. The molecule has 6 nitrogen and oxygen atoms in total. The summed E-state index contributed by atoms with van der Waals surface area (Å²) in [5, 5.41) is 13.0. The van der Waals surface area contributed by atoms with Crippen LogP contribution in [0.5, 0.6) is 0 Å². The van der Waals surface area contributed by atoms with Gasteiger partial charge >= 0.3 is 0 Å². The summed E-state index contributed by atoms with van der Waals surface area (Å²) in [4.78, 5) is 20.7. The van der Waals surface area contributed by atoms with Gasteiger partial charge in [-0.25, -0.2) is 0 Å². The molecule has 3 heterocycles. The van der Waals surface area contributed by atoms with E-state index in [9.17, 15) is 9.90 Å². The number of carbonyl (C=O) groups excluding carboxylic acids is 1. The number of hydrogen-bond acceptors (Lipinski definition) is 6. The first-order valence-electron chi connectivity index (χ1n) is 7.44. The zero-order valence-electron chi connectivity index (χ0n) is 12.2. The summed E-state index contributed by atoms with van der Waals surface area (Å²) in [6.45, 7) is 5.12. The summed E-state index contributed by atoms with van der Waals surface area (Å²) in [6.07, 6.45) is 0.577. The first-order chi connectivity index (χ1) is 10.2. The number of fused-ring (bicyclic) bond motifs is 1. The molecule has 21 heavy (non-hydrogen) atoms. The molecular formula is C14H21N3O3S. The Kier molecular flexibility index (Phi) is 4.51. The zero-order chi connectivity index (χ0) is 14.8. The van der Waals surface area contributed by atoms with E-state index in [0.29, 0.717) is 26.1 Å². The van der Waals surface area contributed by atoms with Crippen LogP contribution < -0.4 is 0 Å². The summed E-state index contributed by atoms with van der Waals surface area (Å²) >= 11 is 1.60. The Morgan fingerprint density at radius 1 is 1.57 bits per heavy atom. The molecule has 0 bridgehead atoms. The zero-order valence-corrected chi connectivity index (χ0v) is 13.0. The van der Waals surface area contributed by atoms with E-state index in [1.54, 1.807) is 16.7 Å². The van der Waals surface area contributed by atoms with Crippen molar-refractivity contribution < 1.29 is 14.6 Å². The van der Waals surface area contributed by atoms with E-state index in [4.69, 9.17) is 4.74 Å². The second-order valence-corrected chi connectivity index (χ2v) is 6.27. The fraction of sp³-hybridized carbons (Fsp3) is 0.714.